The Morgan fingerprint density at radius 1 is 1.06 bits per heavy atom. The van der Waals surface area contributed by atoms with Gasteiger partial charge in [-0.15, -0.1) is 0 Å². The maximum atomic E-state index is 2.83. The summed E-state index contributed by atoms with van der Waals surface area (Å²) in [5.41, 5.74) is 1.49. The molecular weight excluding hydrogens is 218 g/mol. The Morgan fingerprint density at radius 3 is 2.39 bits per heavy atom. The maximum absolute atomic E-state index is 2.83. The quantitative estimate of drug-likeness (QED) is 0.778. The van der Waals surface area contributed by atoms with Crippen LogP contribution < -0.4 is 0 Å². The molecule has 98 valence electrons. The van der Waals surface area contributed by atoms with Crippen LogP contribution in [0.4, 0.5) is 0 Å². The Bertz CT molecular complexity index is 358. The molecule has 2 unspecified atom stereocenters. The number of nitrogens with zero attached hydrogens (tertiary/aromatic N) is 1. The van der Waals surface area contributed by atoms with Gasteiger partial charge in [-0.05, 0) is 43.6 Å². The topological polar surface area (TPSA) is 3.24 Å². The van der Waals surface area contributed by atoms with E-state index in [4.69, 9.17) is 0 Å². The third-order valence-corrected chi connectivity index (χ3v) is 4.86. The number of rotatable bonds is 3. The van der Waals surface area contributed by atoms with Crippen molar-refractivity contribution in [1.29, 1.82) is 0 Å². The molecule has 0 aliphatic carbocycles. The van der Waals surface area contributed by atoms with Crippen molar-refractivity contribution in [2.24, 2.45) is 5.92 Å². The van der Waals surface area contributed by atoms with E-state index >= 15 is 0 Å². The highest BCUT2D eigenvalue weighted by atomic mass is 15.2. The molecule has 2 heterocycles. The second-order valence-corrected chi connectivity index (χ2v) is 6.29. The van der Waals surface area contributed by atoms with E-state index in [2.05, 4.69) is 42.2 Å². The molecular formula is C17H25N. The third kappa shape index (κ3) is 2.61. The fraction of sp³-hybridized carbons (Fsp3) is 0.647. The van der Waals surface area contributed by atoms with Gasteiger partial charge in [-0.25, -0.2) is 0 Å². The number of piperidine rings is 2. The molecule has 0 N–H and O–H groups in total. The van der Waals surface area contributed by atoms with E-state index < -0.39 is 0 Å². The molecule has 0 amide bonds. The molecule has 0 saturated carbocycles. The lowest BCUT2D eigenvalue weighted by atomic mass is 9.79. The fourth-order valence-electron chi connectivity index (χ4n) is 4.02. The van der Waals surface area contributed by atoms with E-state index in [1.54, 1.807) is 0 Å². The molecule has 3 rings (SSSR count). The first kappa shape index (κ1) is 12.2. The summed E-state index contributed by atoms with van der Waals surface area (Å²) in [5.74, 6) is 0.952. The van der Waals surface area contributed by atoms with Crippen molar-refractivity contribution in [2.75, 3.05) is 6.54 Å². The van der Waals surface area contributed by atoms with Crippen molar-refractivity contribution in [3.8, 4) is 0 Å². The molecule has 2 aliphatic heterocycles. The van der Waals surface area contributed by atoms with Crippen LogP contribution in [-0.4, -0.2) is 23.5 Å². The minimum atomic E-state index is 0.885. The van der Waals surface area contributed by atoms with Crippen molar-refractivity contribution in [2.45, 2.75) is 57.5 Å². The summed E-state index contributed by atoms with van der Waals surface area (Å²) < 4.78 is 0. The van der Waals surface area contributed by atoms with Crippen molar-refractivity contribution in [3.05, 3.63) is 35.9 Å². The Labute approximate surface area is 111 Å². The summed E-state index contributed by atoms with van der Waals surface area (Å²) in [4.78, 5) is 2.83. The first-order valence-corrected chi connectivity index (χ1v) is 7.62. The van der Waals surface area contributed by atoms with Gasteiger partial charge in [0.2, 0.25) is 0 Å². The molecule has 1 heteroatoms. The number of hydrogen-bond acceptors (Lipinski definition) is 1. The Balaban J connectivity index is 1.62. The lowest BCUT2D eigenvalue weighted by molar-refractivity contribution is 0.0189. The summed E-state index contributed by atoms with van der Waals surface area (Å²) in [6.45, 7) is 3.71. The molecule has 18 heavy (non-hydrogen) atoms. The SMILES string of the molecule is CC1CC2CCCC(C1)N2CCc1ccccc1. The Morgan fingerprint density at radius 2 is 1.72 bits per heavy atom. The molecule has 2 fully saturated rings. The molecule has 2 atom stereocenters. The molecule has 1 aromatic carbocycles. The molecule has 0 aromatic heterocycles. The molecule has 2 aliphatic rings. The molecule has 1 aromatic rings. The molecule has 0 radical (unpaired) electrons. The zero-order valence-electron chi connectivity index (χ0n) is 11.5. The van der Waals surface area contributed by atoms with Crippen molar-refractivity contribution < 1.29 is 0 Å². The van der Waals surface area contributed by atoms with Crippen LogP contribution in [0.2, 0.25) is 0 Å². The summed E-state index contributed by atoms with van der Waals surface area (Å²) >= 11 is 0. The molecule has 1 nitrogen and oxygen atoms in total. The van der Waals surface area contributed by atoms with E-state index in [1.165, 1.54) is 50.6 Å². The van der Waals surface area contributed by atoms with Gasteiger partial charge in [-0.3, -0.25) is 4.90 Å². The monoisotopic (exact) mass is 243 g/mol. The number of benzene rings is 1. The van der Waals surface area contributed by atoms with E-state index in [0.29, 0.717) is 0 Å². The van der Waals surface area contributed by atoms with E-state index in [0.717, 1.165) is 18.0 Å². The highest BCUT2D eigenvalue weighted by Crippen LogP contribution is 2.36. The van der Waals surface area contributed by atoms with E-state index in [-0.39, 0.29) is 0 Å². The lowest BCUT2D eigenvalue weighted by Gasteiger charge is -2.48. The van der Waals surface area contributed by atoms with Crippen LogP contribution in [0.1, 0.15) is 44.6 Å². The number of hydrogen-bond donors (Lipinski definition) is 0. The standard InChI is InChI=1S/C17H25N/c1-14-12-16-8-5-9-17(13-14)18(16)11-10-15-6-3-2-4-7-15/h2-4,6-7,14,16-17H,5,8-13H2,1H3. The Kier molecular flexibility index (Phi) is 3.69. The largest absolute Gasteiger partial charge is 0.297 e. The van der Waals surface area contributed by atoms with Gasteiger partial charge in [-0.1, -0.05) is 43.7 Å². The molecule has 2 bridgehead atoms. The van der Waals surface area contributed by atoms with Crippen LogP contribution in [0.5, 0.6) is 0 Å². The first-order chi connectivity index (χ1) is 8.83. The van der Waals surface area contributed by atoms with Crippen LogP contribution in [-0.2, 0) is 6.42 Å². The molecule has 2 saturated heterocycles. The van der Waals surface area contributed by atoms with Gasteiger partial charge in [-0.2, -0.15) is 0 Å². The summed E-state index contributed by atoms with van der Waals surface area (Å²) in [7, 11) is 0. The zero-order valence-corrected chi connectivity index (χ0v) is 11.5. The number of fused-ring (bicyclic) bond motifs is 2. The average Bonchev–Trinajstić information content (AvgIpc) is 2.37. The zero-order chi connectivity index (χ0) is 12.4. The minimum absolute atomic E-state index is 0.885. The summed E-state index contributed by atoms with van der Waals surface area (Å²) in [5, 5.41) is 0. The van der Waals surface area contributed by atoms with E-state index in [9.17, 15) is 0 Å². The summed E-state index contributed by atoms with van der Waals surface area (Å²) in [6, 6.07) is 12.7. The van der Waals surface area contributed by atoms with Crippen LogP contribution in [0.3, 0.4) is 0 Å². The predicted molar refractivity (Wildman–Crippen MR) is 76.7 cm³/mol. The second-order valence-electron chi connectivity index (χ2n) is 6.29. The van der Waals surface area contributed by atoms with Gasteiger partial charge in [0.1, 0.15) is 0 Å². The van der Waals surface area contributed by atoms with Crippen molar-refractivity contribution in [3.63, 3.8) is 0 Å². The first-order valence-electron chi connectivity index (χ1n) is 7.62. The minimum Gasteiger partial charge on any atom is -0.297 e. The van der Waals surface area contributed by atoms with Gasteiger partial charge in [0.25, 0.3) is 0 Å². The van der Waals surface area contributed by atoms with Crippen molar-refractivity contribution in [1.82, 2.24) is 4.90 Å². The van der Waals surface area contributed by atoms with Crippen LogP contribution in [0.15, 0.2) is 30.3 Å². The predicted octanol–water partition coefficient (Wildman–Crippen LogP) is 3.88. The molecule has 0 spiro atoms. The van der Waals surface area contributed by atoms with Crippen LogP contribution >= 0.6 is 0 Å². The van der Waals surface area contributed by atoms with E-state index in [1.807, 2.05) is 0 Å². The lowest BCUT2D eigenvalue weighted by Crippen LogP contribution is -2.52. The van der Waals surface area contributed by atoms with Gasteiger partial charge in [0.05, 0.1) is 0 Å². The average molecular weight is 243 g/mol. The van der Waals surface area contributed by atoms with Gasteiger partial charge < -0.3 is 0 Å². The smallest absolute Gasteiger partial charge is 0.0101 e. The van der Waals surface area contributed by atoms with Gasteiger partial charge >= 0.3 is 0 Å². The second kappa shape index (κ2) is 5.44. The normalized spacial score (nSPS) is 32.4. The summed E-state index contributed by atoms with van der Waals surface area (Å²) in [6.07, 6.45) is 8.44. The third-order valence-electron chi connectivity index (χ3n) is 4.86. The van der Waals surface area contributed by atoms with Crippen LogP contribution in [0, 0.1) is 5.92 Å². The fourth-order valence-corrected chi connectivity index (χ4v) is 4.02. The Hall–Kier alpha value is -0.820. The van der Waals surface area contributed by atoms with Gasteiger partial charge in [0.15, 0.2) is 0 Å². The van der Waals surface area contributed by atoms with Crippen molar-refractivity contribution >= 4 is 0 Å². The highest BCUT2D eigenvalue weighted by molar-refractivity contribution is 5.15. The van der Waals surface area contributed by atoms with Crippen LogP contribution in [0.25, 0.3) is 0 Å². The van der Waals surface area contributed by atoms with Gasteiger partial charge in [0, 0.05) is 18.6 Å². The maximum Gasteiger partial charge on any atom is 0.0101 e. The highest BCUT2D eigenvalue weighted by Gasteiger charge is 2.36.